The number of carbonyl (C=O) groups is 2. The van der Waals surface area contributed by atoms with Crippen molar-refractivity contribution in [1.29, 1.82) is 5.26 Å². The van der Waals surface area contributed by atoms with Gasteiger partial charge in [-0.05, 0) is 36.4 Å². The third-order valence-corrected chi connectivity index (χ3v) is 5.85. The molecule has 0 bridgehead atoms. The summed E-state index contributed by atoms with van der Waals surface area (Å²) in [6, 6.07) is 20.3. The van der Waals surface area contributed by atoms with E-state index in [1.807, 2.05) is 6.07 Å². The third kappa shape index (κ3) is 3.91. The number of halogens is 1. The molecular weight excluding hydrogens is 482 g/mol. The first kappa shape index (κ1) is 22.7. The number of nitrogens with zero attached hydrogens (tertiary/aromatic N) is 3. The Balaban J connectivity index is 1.48. The summed E-state index contributed by atoms with van der Waals surface area (Å²) in [4.78, 5) is 28.1. The van der Waals surface area contributed by atoms with Crippen molar-refractivity contribution in [3.63, 3.8) is 0 Å². The maximum atomic E-state index is 13.3. The number of hydrogen-bond acceptors (Lipinski definition) is 6. The second kappa shape index (κ2) is 8.94. The SMILES string of the molecule is N#Cc1cccc(Oc2ccc(-n3ncc(C(=O)c4[nH]c5ccccc5c4C(=O)O)c3N)c(Cl)c2)c1. The van der Waals surface area contributed by atoms with Gasteiger partial charge in [0, 0.05) is 17.0 Å². The van der Waals surface area contributed by atoms with E-state index in [9.17, 15) is 14.7 Å². The summed E-state index contributed by atoms with van der Waals surface area (Å²) in [6.45, 7) is 0. The van der Waals surface area contributed by atoms with Crippen LogP contribution in [-0.2, 0) is 0 Å². The fourth-order valence-corrected chi connectivity index (χ4v) is 4.13. The van der Waals surface area contributed by atoms with Crippen LogP contribution in [0.2, 0.25) is 5.02 Å². The number of nitrogen functional groups attached to an aromatic ring is 1. The van der Waals surface area contributed by atoms with Crippen molar-refractivity contribution in [3.8, 4) is 23.3 Å². The number of H-pyrrole nitrogens is 1. The number of aromatic carboxylic acids is 1. The Morgan fingerprint density at radius 1 is 1.08 bits per heavy atom. The van der Waals surface area contributed by atoms with Crippen LogP contribution in [0.5, 0.6) is 11.5 Å². The van der Waals surface area contributed by atoms with Crippen molar-refractivity contribution in [1.82, 2.24) is 14.8 Å². The predicted molar refractivity (Wildman–Crippen MR) is 133 cm³/mol. The average molecular weight is 498 g/mol. The van der Waals surface area contributed by atoms with E-state index in [0.717, 1.165) is 0 Å². The summed E-state index contributed by atoms with van der Waals surface area (Å²) < 4.78 is 7.07. The van der Waals surface area contributed by atoms with Gasteiger partial charge in [-0.3, -0.25) is 4.79 Å². The largest absolute Gasteiger partial charge is 0.478 e. The summed E-state index contributed by atoms with van der Waals surface area (Å²) in [6.07, 6.45) is 1.27. The molecule has 0 spiro atoms. The van der Waals surface area contributed by atoms with Crippen molar-refractivity contribution < 1.29 is 19.4 Å². The van der Waals surface area contributed by atoms with Crippen LogP contribution in [0.25, 0.3) is 16.6 Å². The number of carbonyl (C=O) groups excluding carboxylic acids is 1. The Morgan fingerprint density at radius 2 is 1.86 bits per heavy atom. The highest BCUT2D eigenvalue weighted by molar-refractivity contribution is 6.32. The summed E-state index contributed by atoms with van der Waals surface area (Å²) in [7, 11) is 0. The molecule has 0 saturated carbocycles. The molecule has 5 rings (SSSR count). The Morgan fingerprint density at radius 3 is 2.61 bits per heavy atom. The monoisotopic (exact) mass is 497 g/mol. The number of ether oxygens (including phenoxy) is 1. The van der Waals surface area contributed by atoms with Crippen LogP contribution < -0.4 is 10.5 Å². The van der Waals surface area contributed by atoms with Gasteiger partial charge in [-0.25, -0.2) is 9.48 Å². The van der Waals surface area contributed by atoms with Crippen molar-refractivity contribution in [2.24, 2.45) is 0 Å². The van der Waals surface area contributed by atoms with Gasteiger partial charge in [-0.1, -0.05) is 35.9 Å². The number of carboxylic acid groups (broad SMARTS) is 1. The molecule has 0 fully saturated rings. The van der Waals surface area contributed by atoms with Crippen LogP contribution in [0.4, 0.5) is 5.82 Å². The maximum absolute atomic E-state index is 13.3. The number of aromatic nitrogens is 3. The highest BCUT2D eigenvalue weighted by atomic mass is 35.5. The molecule has 5 aromatic rings. The quantitative estimate of drug-likeness (QED) is 0.274. The lowest BCUT2D eigenvalue weighted by Gasteiger charge is -2.10. The number of fused-ring (bicyclic) bond motifs is 1. The first-order chi connectivity index (χ1) is 17.4. The van der Waals surface area contributed by atoms with E-state index in [1.165, 1.54) is 10.9 Å². The molecule has 0 saturated heterocycles. The Labute approximate surface area is 208 Å². The van der Waals surface area contributed by atoms with E-state index in [2.05, 4.69) is 10.1 Å². The molecular formula is C26H16ClN5O4. The van der Waals surface area contributed by atoms with Gasteiger partial charge in [0.2, 0.25) is 5.78 Å². The van der Waals surface area contributed by atoms with E-state index < -0.39 is 11.8 Å². The number of nitrogens with one attached hydrogen (secondary N) is 1. The predicted octanol–water partition coefficient (Wildman–Crippen LogP) is 5.18. The number of hydrogen-bond donors (Lipinski definition) is 3. The van der Waals surface area contributed by atoms with Gasteiger partial charge in [0.05, 0.1) is 39.7 Å². The highest BCUT2D eigenvalue weighted by Gasteiger charge is 2.27. The van der Waals surface area contributed by atoms with Crippen molar-refractivity contribution >= 4 is 40.1 Å². The fraction of sp³-hybridized carbons (Fsp3) is 0. The molecule has 0 radical (unpaired) electrons. The zero-order chi connectivity index (χ0) is 25.4. The minimum Gasteiger partial charge on any atom is -0.478 e. The number of rotatable bonds is 6. The molecule has 0 aliphatic carbocycles. The van der Waals surface area contributed by atoms with Gasteiger partial charge < -0.3 is 20.6 Å². The minimum absolute atomic E-state index is 0.00714. The molecule has 36 heavy (non-hydrogen) atoms. The first-order valence-electron chi connectivity index (χ1n) is 10.6. The van der Waals surface area contributed by atoms with Crippen LogP contribution in [0, 0.1) is 11.3 Å². The summed E-state index contributed by atoms with van der Waals surface area (Å²) >= 11 is 6.47. The number of nitriles is 1. The summed E-state index contributed by atoms with van der Waals surface area (Å²) in [5.41, 5.74) is 7.41. The Kier molecular flexibility index (Phi) is 5.64. The molecule has 9 nitrogen and oxygen atoms in total. The lowest BCUT2D eigenvalue weighted by Crippen LogP contribution is -2.11. The number of aromatic amines is 1. The molecule has 0 unspecified atom stereocenters. The molecule has 10 heteroatoms. The summed E-state index contributed by atoms with van der Waals surface area (Å²) in [5.74, 6) is -0.962. The van der Waals surface area contributed by atoms with Crippen molar-refractivity contribution in [2.75, 3.05) is 5.73 Å². The van der Waals surface area contributed by atoms with Crippen LogP contribution in [0.1, 0.15) is 32.0 Å². The number of anilines is 1. The zero-order valence-electron chi connectivity index (χ0n) is 18.4. The van der Waals surface area contributed by atoms with Gasteiger partial charge in [-0.15, -0.1) is 0 Å². The van der Waals surface area contributed by atoms with Crippen molar-refractivity contribution in [3.05, 3.63) is 100 Å². The lowest BCUT2D eigenvalue weighted by atomic mass is 10.1. The highest BCUT2D eigenvalue weighted by Crippen LogP contribution is 2.32. The smallest absolute Gasteiger partial charge is 0.338 e. The maximum Gasteiger partial charge on any atom is 0.338 e. The number of benzene rings is 3. The normalized spacial score (nSPS) is 10.8. The van der Waals surface area contributed by atoms with Gasteiger partial charge >= 0.3 is 5.97 Å². The molecule has 2 aromatic heterocycles. The third-order valence-electron chi connectivity index (χ3n) is 5.54. The molecule has 4 N–H and O–H groups in total. The molecule has 0 amide bonds. The number of para-hydroxylation sites is 1. The summed E-state index contributed by atoms with van der Waals surface area (Å²) in [5, 5.41) is 23.6. The van der Waals surface area contributed by atoms with Gasteiger partial charge in [0.1, 0.15) is 23.0 Å². The van der Waals surface area contributed by atoms with Crippen LogP contribution in [-0.4, -0.2) is 31.6 Å². The Hall–Kier alpha value is -5.07. The fourth-order valence-electron chi connectivity index (χ4n) is 3.88. The Bertz CT molecular complexity index is 1710. The van der Waals surface area contributed by atoms with E-state index in [0.29, 0.717) is 33.7 Å². The number of nitrogens with two attached hydrogens (primary N) is 1. The lowest BCUT2D eigenvalue weighted by molar-refractivity contribution is 0.0695. The molecule has 0 atom stereocenters. The van der Waals surface area contributed by atoms with E-state index in [4.69, 9.17) is 27.3 Å². The molecule has 2 heterocycles. The van der Waals surface area contributed by atoms with E-state index in [1.54, 1.807) is 66.7 Å². The molecule has 3 aromatic carbocycles. The number of carboxylic acids is 1. The molecule has 0 aliphatic heterocycles. The van der Waals surface area contributed by atoms with E-state index in [-0.39, 0.29) is 27.7 Å². The van der Waals surface area contributed by atoms with Crippen LogP contribution in [0.15, 0.2) is 72.9 Å². The standard InChI is InChI=1S/C26H16ClN5O4/c27-19-11-16(36-15-5-3-4-14(10-15)12-28)8-9-21(19)32-25(29)18(13-30-32)24(33)23-22(26(34)35)17-6-1-2-7-20(17)31-23/h1-11,13,31H,29H2,(H,34,35). The first-order valence-corrected chi connectivity index (χ1v) is 11.0. The van der Waals surface area contributed by atoms with Gasteiger partial charge in [0.25, 0.3) is 0 Å². The van der Waals surface area contributed by atoms with Crippen LogP contribution in [0.3, 0.4) is 0 Å². The zero-order valence-corrected chi connectivity index (χ0v) is 19.2. The van der Waals surface area contributed by atoms with Crippen molar-refractivity contribution in [2.45, 2.75) is 0 Å². The average Bonchev–Trinajstić information content (AvgIpc) is 3.45. The number of ketones is 1. The van der Waals surface area contributed by atoms with E-state index >= 15 is 0 Å². The molecule has 176 valence electrons. The molecule has 0 aliphatic rings. The second-order valence-corrected chi connectivity index (χ2v) is 8.17. The second-order valence-electron chi connectivity index (χ2n) is 7.77. The van der Waals surface area contributed by atoms with Crippen LogP contribution >= 0.6 is 11.6 Å². The van der Waals surface area contributed by atoms with Gasteiger partial charge in [0.15, 0.2) is 0 Å². The topological polar surface area (TPSA) is 147 Å². The minimum atomic E-state index is -1.24. The van der Waals surface area contributed by atoms with Gasteiger partial charge in [-0.2, -0.15) is 10.4 Å².